The van der Waals surface area contributed by atoms with Crippen molar-refractivity contribution in [3.05, 3.63) is 29.6 Å². The SMILES string of the molecule is COc1ccc(C(C)NC(=O)C2CNC3(CCCC3)C2)cc1F. The first-order chi connectivity index (χ1) is 11.0. The number of carbonyl (C=O) groups is 1. The molecule has 2 N–H and O–H groups in total. The standard InChI is InChI=1S/C18H25FN2O2/c1-12(13-5-6-16(23-2)15(19)9-13)21-17(22)14-10-18(20-11-14)7-3-4-8-18/h5-6,9,12,14,20H,3-4,7-8,10-11H2,1-2H3,(H,21,22). The second-order valence-corrected chi connectivity index (χ2v) is 6.89. The molecular formula is C18H25FN2O2. The molecule has 23 heavy (non-hydrogen) atoms. The zero-order valence-electron chi connectivity index (χ0n) is 13.8. The summed E-state index contributed by atoms with van der Waals surface area (Å²) in [5.41, 5.74) is 0.940. The first kappa shape index (κ1) is 16.2. The van der Waals surface area contributed by atoms with Gasteiger partial charge < -0.3 is 15.4 Å². The Hall–Kier alpha value is -1.62. The van der Waals surface area contributed by atoms with E-state index in [1.165, 1.54) is 38.9 Å². The summed E-state index contributed by atoms with van der Waals surface area (Å²) in [5, 5.41) is 6.59. The van der Waals surface area contributed by atoms with Crippen LogP contribution >= 0.6 is 0 Å². The lowest BCUT2D eigenvalue weighted by Crippen LogP contribution is -2.35. The Balaban J connectivity index is 1.60. The fraction of sp³-hybridized carbons (Fsp3) is 0.611. The molecule has 1 heterocycles. The maximum atomic E-state index is 13.8. The van der Waals surface area contributed by atoms with Gasteiger partial charge in [0.25, 0.3) is 0 Å². The molecule has 1 aromatic rings. The lowest BCUT2D eigenvalue weighted by molar-refractivity contribution is -0.125. The minimum Gasteiger partial charge on any atom is -0.494 e. The highest BCUT2D eigenvalue weighted by Crippen LogP contribution is 2.38. The number of carbonyl (C=O) groups excluding carboxylic acids is 1. The van der Waals surface area contributed by atoms with Crippen LogP contribution in [0.15, 0.2) is 18.2 Å². The van der Waals surface area contributed by atoms with Crippen LogP contribution in [0, 0.1) is 11.7 Å². The van der Waals surface area contributed by atoms with Crippen LogP contribution in [0.2, 0.25) is 0 Å². The highest BCUT2D eigenvalue weighted by molar-refractivity contribution is 5.80. The van der Waals surface area contributed by atoms with Crippen molar-refractivity contribution in [3.8, 4) is 5.75 Å². The average Bonchev–Trinajstić information content (AvgIpc) is 3.17. The molecule has 0 aromatic heterocycles. The molecule has 3 rings (SSSR count). The summed E-state index contributed by atoms with van der Waals surface area (Å²) in [6.45, 7) is 2.63. The molecule has 1 amide bonds. The maximum absolute atomic E-state index is 13.8. The highest BCUT2D eigenvalue weighted by atomic mass is 19.1. The van der Waals surface area contributed by atoms with Gasteiger partial charge in [-0.05, 0) is 43.9 Å². The molecule has 2 atom stereocenters. The molecule has 1 saturated heterocycles. The number of benzene rings is 1. The summed E-state index contributed by atoms with van der Waals surface area (Å²) < 4.78 is 18.7. The molecule has 2 aliphatic rings. The van der Waals surface area contributed by atoms with Crippen molar-refractivity contribution in [1.29, 1.82) is 0 Å². The summed E-state index contributed by atoms with van der Waals surface area (Å²) in [7, 11) is 1.44. The molecule has 2 fully saturated rings. The van der Waals surface area contributed by atoms with Gasteiger partial charge in [-0.25, -0.2) is 4.39 Å². The average molecular weight is 320 g/mol. The summed E-state index contributed by atoms with van der Waals surface area (Å²) in [4.78, 5) is 12.5. The summed E-state index contributed by atoms with van der Waals surface area (Å²) in [6.07, 6.45) is 5.78. The lowest BCUT2D eigenvalue weighted by atomic mass is 9.91. The number of hydrogen-bond acceptors (Lipinski definition) is 3. The van der Waals surface area contributed by atoms with Crippen molar-refractivity contribution in [2.24, 2.45) is 5.92 Å². The van der Waals surface area contributed by atoms with E-state index in [4.69, 9.17) is 4.74 Å². The van der Waals surface area contributed by atoms with Crippen molar-refractivity contribution in [2.75, 3.05) is 13.7 Å². The molecule has 4 nitrogen and oxygen atoms in total. The maximum Gasteiger partial charge on any atom is 0.224 e. The van der Waals surface area contributed by atoms with Crippen LogP contribution < -0.4 is 15.4 Å². The Morgan fingerprint density at radius 3 is 2.83 bits per heavy atom. The van der Waals surface area contributed by atoms with Crippen LogP contribution in [0.5, 0.6) is 5.75 Å². The molecule has 0 bridgehead atoms. The number of rotatable bonds is 4. The van der Waals surface area contributed by atoms with E-state index in [0.29, 0.717) is 0 Å². The van der Waals surface area contributed by atoms with Crippen LogP contribution in [0.4, 0.5) is 4.39 Å². The second kappa shape index (κ2) is 6.48. The van der Waals surface area contributed by atoms with E-state index in [1.807, 2.05) is 6.92 Å². The van der Waals surface area contributed by atoms with E-state index < -0.39 is 5.82 Å². The van der Waals surface area contributed by atoms with E-state index in [-0.39, 0.29) is 29.2 Å². The fourth-order valence-electron chi connectivity index (χ4n) is 3.94. The van der Waals surface area contributed by atoms with E-state index in [1.54, 1.807) is 12.1 Å². The Kier molecular flexibility index (Phi) is 4.57. The largest absolute Gasteiger partial charge is 0.494 e. The molecule has 2 unspecified atom stereocenters. The normalized spacial score (nSPS) is 23.9. The van der Waals surface area contributed by atoms with Gasteiger partial charge in [0.05, 0.1) is 19.1 Å². The zero-order valence-corrected chi connectivity index (χ0v) is 13.8. The number of nitrogens with one attached hydrogen (secondary N) is 2. The van der Waals surface area contributed by atoms with E-state index in [2.05, 4.69) is 10.6 Å². The van der Waals surface area contributed by atoms with Crippen LogP contribution in [0.1, 0.15) is 50.6 Å². The van der Waals surface area contributed by atoms with Crippen molar-refractivity contribution in [2.45, 2.75) is 50.6 Å². The van der Waals surface area contributed by atoms with Crippen LogP contribution in [0.3, 0.4) is 0 Å². The third-order valence-electron chi connectivity index (χ3n) is 5.33. The van der Waals surface area contributed by atoms with Gasteiger partial charge in [0.15, 0.2) is 11.6 Å². The topological polar surface area (TPSA) is 50.4 Å². The van der Waals surface area contributed by atoms with Crippen LogP contribution in [-0.2, 0) is 4.79 Å². The summed E-state index contributed by atoms with van der Waals surface area (Å²) >= 11 is 0. The van der Waals surface area contributed by atoms with Gasteiger partial charge in [-0.15, -0.1) is 0 Å². The molecule has 5 heteroatoms. The first-order valence-corrected chi connectivity index (χ1v) is 8.42. The van der Waals surface area contributed by atoms with Crippen molar-refractivity contribution < 1.29 is 13.9 Å². The third kappa shape index (κ3) is 3.34. The van der Waals surface area contributed by atoms with E-state index in [0.717, 1.165) is 18.5 Å². The van der Waals surface area contributed by atoms with Crippen molar-refractivity contribution in [3.63, 3.8) is 0 Å². The minimum absolute atomic E-state index is 0.0126. The molecule has 0 radical (unpaired) electrons. The Bertz CT molecular complexity index is 584. The Labute approximate surface area is 136 Å². The third-order valence-corrected chi connectivity index (χ3v) is 5.33. The number of ether oxygens (including phenoxy) is 1. The summed E-state index contributed by atoms with van der Waals surface area (Å²) in [6, 6.07) is 4.59. The fourth-order valence-corrected chi connectivity index (χ4v) is 3.94. The van der Waals surface area contributed by atoms with Crippen LogP contribution in [0.25, 0.3) is 0 Å². The Morgan fingerprint density at radius 2 is 2.17 bits per heavy atom. The van der Waals surface area contributed by atoms with Gasteiger partial charge in [0, 0.05) is 12.1 Å². The van der Waals surface area contributed by atoms with Crippen molar-refractivity contribution in [1.82, 2.24) is 10.6 Å². The van der Waals surface area contributed by atoms with Gasteiger partial charge in [-0.3, -0.25) is 4.79 Å². The molecule has 126 valence electrons. The number of hydrogen-bond donors (Lipinski definition) is 2. The minimum atomic E-state index is -0.404. The van der Waals surface area contributed by atoms with Gasteiger partial charge in [-0.2, -0.15) is 0 Å². The van der Waals surface area contributed by atoms with Gasteiger partial charge in [0.2, 0.25) is 5.91 Å². The second-order valence-electron chi connectivity index (χ2n) is 6.89. The predicted molar refractivity (Wildman–Crippen MR) is 86.8 cm³/mol. The van der Waals surface area contributed by atoms with Gasteiger partial charge in [0.1, 0.15) is 0 Å². The van der Waals surface area contributed by atoms with E-state index in [9.17, 15) is 9.18 Å². The summed E-state index contributed by atoms with van der Waals surface area (Å²) in [5.74, 6) is -0.113. The van der Waals surface area contributed by atoms with Crippen molar-refractivity contribution >= 4 is 5.91 Å². The monoisotopic (exact) mass is 320 g/mol. The zero-order chi connectivity index (χ0) is 16.4. The molecule has 1 aromatic carbocycles. The highest BCUT2D eigenvalue weighted by Gasteiger charge is 2.43. The number of methoxy groups -OCH3 is 1. The molecular weight excluding hydrogens is 295 g/mol. The first-order valence-electron chi connectivity index (χ1n) is 8.42. The quantitative estimate of drug-likeness (QED) is 0.897. The smallest absolute Gasteiger partial charge is 0.224 e. The number of halogens is 1. The van der Waals surface area contributed by atoms with E-state index >= 15 is 0 Å². The lowest BCUT2D eigenvalue weighted by Gasteiger charge is -2.23. The molecule has 1 aliphatic heterocycles. The van der Waals surface area contributed by atoms with Gasteiger partial charge >= 0.3 is 0 Å². The molecule has 1 aliphatic carbocycles. The van der Waals surface area contributed by atoms with Gasteiger partial charge in [-0.1, -0.05) is 18.9 Å². The molecule has 1 saturated carbocycles. The Morgan fingerprint density at radius 1 is 1.43 bits per heavy atom. The van der Waals surface area contributed by atoms with Crippen LogP contribution in [-0.4, -0.2) is 25.1 Å². The molecule has 1 spiro atoms. The number of amides is 1. The predicted octanol–water partition coefficient (Wildman–Crippen LogP) is 2.93.